The fraction of sp³-hybridized carbons (Fsp3) is 0.222. The Kier molecular flexibility index (Phi) is 5.35. The maximum Gasteiger partial charge on any atom is 0.287 e. The van der Waals surface area contributed by atoms with E-state index in [0.717, 1.165) is 9.88 Å². The zero-order valence-corrected chi connectivity index (χ0v) is 14.8. The highest BCUT2D eigenvalue weighted by atomic mass is 32.1. The number of carbonyl (C=O) groups is 1. The van der Waals surface area contributed by atoms with E-state index in [1.165, 1.54) is 0 Å². The summed E-state index contributed by atoms with van der Waals surface area (Å²) >= 11 is 1.55. The molecule has 130 valence electrons. The predicted molar refractivity (Wildman–Crippen MR) is 94.1 cm³/mol. The van der Waals surface area contributed by atoms with Crippen LogP contribution in [-0.2, 0) is 13.2 Å². The van der Waals surface area contributed by atoms with Gasteiger partial charge in [0.1, 0.15) is 12.4 Å². The smallest absolute Gasteiger partial charge is 0.287 e. The number of benzene rings is 1. The Morgan fingerprint density at radius 3 is 2.76 bits per heavy atom. The Morgan fingerprint density at radius 2 is 2.04 bits per heavy atom. The number of ether oxygens (including phenoxy) is 2. The van der Waals surface area contributed by atoms with Crippen molar-refractivity contribution in [3.63, 3.8) is 0 Å². The predicted octanol–water partition coefficient (Wildman–Crippen LogP) is 3.56. The van der Waals surface area contributed by atoms with E-state index in [4.69, 9.17) is 13.9 Å². The molecule has 0 saturated carbocycles. The summed E-state index contributed by atoms with van der Waals surface area (Å²) in [5.41, 5.74) is 0. The molecule has 2 heterocycles. The van der Waals surface area contributed by atoms with Gasteiger partial charge in [0.25, 0.3) is 5.91 Å². The van der Waals surface area contributed by atoms with Crippen molar-refractivity contribution in [2.75, 3.05) is 7.11 Å². The Balaban J connectivity index is 1.55. The van der Waals surface area contributed by atoms with Crippen LogP contribution >= 0.6 is 11.3 Å². The van der Waals surface area contributed by atoms with Crippen LogP contribution < -0.4 is 14.8 Å². The quantitative estimate of drug-likeness (QED) is 0.699. The van der Waals surface area contributed by atoms with Crippen molar-refractivity contribution in [2.45, 2.75) is 20.1 Å². The molecule has 0 radical (unpaired) electrons. The number of rotatable bonds is 7. The van der Waals surface area contributed by atoms with E-state index in [0.29, 0.717) is 23.8 Å². The molecule has 0 aliphatic carbocycles. The van der Waals surface area contributed by atoms with Gasteiger partial charge < -0.3 is 19.2 Å². The summed E-state index contributed by atoms with van der Waals surface area (Å²) < 4.78 is 16.5. The topological polar surface area (TPSA) is 73.6 Å². The lowest BCUT2D eigenvalue weighted by Gasteiger charge is -2.08. The largest absolute Gasteiger partial charge is 0.493 e. The van der Waals surface area contributed by atoms with Crippen molar-refractivity contribution in [1.29, 1.82) is 0 Å². The minimum Gasteiger partial charge on any atom is -0.493 e. The summed E-state index contributed by atoms with van der Waals surface area (Å²) in [6.45, 7) is 2.57. The molecule has 6 nitrogen and oxygen atoms in total. The average Bonchev–Trinajstić information content (AvgIpc) is 3.27. The SMILES string of the molecule is COc1ccccc1OCc1ccc(C(=O)NCc2cnc(C)s2)o1. The van der Waals surface area contributed by atoms with Gasteiger partial charge in [0, 0.05) is 11.1 Å². The molecule has 3 aromatic rings. The van der Waals surface area contributed by atoms with Crippen LogP contribution in [0.15, 0.2) is 47.0 Å². The fourth-order valence-corrected chi connectivity index (χ4v) is 2.94. The number of nitrogens with zero attached hydrogens (tertiary/aromatic N) is 1. The van der Waals surface area contributed by atoms with E-state index in [1.807, 2.05) is 31.2 Å². The van der Waals surface area contributed by atoms with Crippen LogP contribution in [0.5, 0.6) is 11.5 Å². The Morgan fingerprint density at radius 1 is 1.24 bits per heavy atom. The van der Waals surface area contributed by atoms with Crippen LogP contribution in [0.1, 0.15) is 26.2 Å². The van der Waals surface area contributed by atoms with Crippen molar-refractivity contribution < 1.29 is 18.7 Å². The summed E-state index contributed by atoms with van der Waals surface area (Å²) in [6.07, 6.45) is 1.76. The standard InChI is InChI=1S/C18H18N2O4S/c1-12-19-9-14(25-12)10-20-18(21)17-8-7-13(24-17)11-23-16-6-4-3-5-15(16)22-2/h3-9H,10-11H2,1-2H3,(H,20,21). The summed E-state index contributed by atoms with van der Waals surface area (Å²) in [6, 6.07) is 10.7. The summed E-state index contributed by atoms with van der Waals surface area (Å²) in [5.74, 6) is 1.80. The molecule has 0 fully saturated rings. The van der Waals surface area contributed by atoms with E-state index < -0.39 is 0 Å². The van der Waals surface area contributed by atoms with Gasteiger partial charge in [0.15, 0.2) is 17.3 Å². The van der Waals surface area contributed by atoms with Gasteiger partial charge in [0.05, 0.1) is 18.7 Å². The Hall–Kier alpha value is -2.80. The number of amides is 1. The summed E-state index contributed by atoms with van der Waals surface area (Å²) in [7, 11) is 1.59. The van der Waals surface area contributed by atoms with Crippen molar-refractivity contribution in [2.24, 2.45) is 0 Å². The van der Waals surface area contributed by atoms with Crippen LogP contribution in [0.4, 0.5) is 0 Å². The third kappa shape index (κ3) is 4.39. The zero-order valence-electron chi connectivity index (χ0n) is 13.9. The van der Waals surface area contributed by atoms with Gasteiger partial charge in [0.2, 0.25) is 0 Å². The van der Waals surface area contributed by atoms with E-state index in [2.05, 4.69) is 10.3 Å². The van der Waals surface area contributed by atoms with E-state index in [1.54, 1.807) is 36.8 Å². The second kappa shape index (κ2) is 7.85. The van der Waals surface area contributed by atoms with Gasteiger partial charge in [-0.25, -0.2) is 4.98 Å². The number of methoxy groups -OCH3 is 1. The van der Waals surface area contributed by atoms with Crippen LogP contribution in [-0.4, -0.2) is 18.0 Å². The molecule has 3 rings (SSSR count). The fourth-order valence-electron chi connectivity index (χ4n) is 2.21. The molecule has 0 unspecified atom stereocenters. The average molecular weight is 358 g/mol. The number of nitrogens with one attached hydrogen (secondary N) is 1. The first-order valence-electron chi connectivity index (χ1n) is 7.69. The number of thiazole rings is 1. The second-order valence-corrected chi connectivity index (χ2v) is 6.55. The molecular formula is C18H18N2O4S. The molecule has 0 bridgehead atoms. The van der Waals surface area contributed by atoms with Gasteiger partial charge in [-0.05, 0) is 31.2 Å². The molecule has 0 atom stereocenters. The van der Waals surface area contributed by atoms with Crippen LogP contribution in [0.2, 0.25) is 0 Å². The number of hydrogen-bond donors (Lipinski definition) is 1. The molecular weight excluding hydrogens is 340 g/mol. The number of aromatic nitrogens is 1. The van der Waals surface area contributed by atoms with Gasteiger partial charge in [-0.3, -0.25) is 4.79 Å². The third-order valence-electron chi connectivity index (χ3n) is 3.42. The number of hydrogen-bond acceptors (Lipinski definition) is 6. The highest BCUT2D eigenvalue weighted by molar-refractivity contribution is 7.11. The highest BCUT2D eigenvalue weighted by Crippen LogP contribution is 2.26. The highest BCUT2D eigenvalue weighted by Gasteiger charge is 2.12. The minimum absolute atomic E-state index is 0.210. The van der Waals surface area contributed by atoms with Gasteiger partial charge in [-0.15, -0.1) is 11.3 Å². The monoisotopic (exact) mass is 358 g/mol. The number of furan rings is 1. The van der Waals surface area contributed by atoms with Crippen molar-refractivity contribution in [3.05, 3.63) is 64.0 Å². The molecule has 1 aromatic carbocycles. The van der Waals surface area contributed by atoms with E-state index in [-0.39, 0.29) is 18.3 Å². The maximum absolute atomic E-state index is 12.1. The van der Waals surface area contributed by atoms with Crippen molar-refractivity contribution in [1.82, 2.24) is 10.3 Å². The van der Waals surface area contributed by atoms with E-state index >= 15 is 0 Å². The molecule has 7 heteroatoms. The van der Waals surface area contributed by atoms with E-state index in [9.17, 15) is 4.79 Å². The molecule has 25 heavy (non-hydrogen) atoms. The first kappa shape index (κ1) is 17.0. The molecule has 0 aliphatic heterocycles. The Bertz CT molecular complexity index is 856. The number of carbonyl (C=O) groups excluding carboxylic acids is 1. The van der Waals surface area contributed by atoms with Crippen LogP contribution in [0.3, 0.4) is 0 Å². The van der Waals surface area contributed by atoms with Crippen molar-refractivity contribution >= 4 is 17.2 Å². The molecule has 2 aromatic heterocycles. The van der Waals surface area contributed by atoms with Crippen LogP contribution in [0.25, 0.3) is 0 Å². The number of aryl methyl sites for hydroxylation is 1. The second-order valence-electron chi connectivity index (χ2n) is 5.23. The first-order valence-corrected chi connectivity index (χ1v) is 8.51. The first-order chi connectivity index (χ1) is 12.2. The van der Waals surface area contributed by atoms with Crippen molar-refractivity contribution in [3.8, 4) is 11.5 Å². The normalized spacial score (nSPS) is 10.5. The Labute approximate surface area is 149 Å². The summed E-state index contributed by atoms with van der Waals surface area (Å²) in [5, 5.41) is 3.78. The molecule has 0 saturated heterocycles. The lowest BCUT2D eigenvalue weighted by atomic mass is 10.3. The molecule has 1 N–H and O–H groups in total. The minimum atomic E-state index is -0.269. The lowest BCUT2D eigenvalue weighted by molar-refractivity contribution is 0.0919. The third-order valence-corrected chi connectivity index (χ3v) is 4.33. The van der Waals surface area contributed by atoms with Crippen LogP contribution in [0, 0.1) is 6.92 Å². The molecule has 0 aliphatic rings. The molecule has 1 amide bonds. The van der Waals surface area contributed by atoms with Gasteiger partial charge >= 0.3 is 0 Å². The summed E-state index contributed by atoms with van der Waals surface area (Å²) in [4.78, 5) is 17.3. The van der Waals surface area contributed by atoms with Gasteiger partial charge in [-0.1, -0.05) is 12.1 Å². The lowest BCUT2D eigenvalue weighted by Crippen LogP contribution is -2.21. The number of para-hydroxylation sites is 2. The maximum atomic E-state index is 12.1. The van der Waals surface area contributed by atoms with Gasteiger partial charge in [-0.2, -0.15) is 0 Å². The molecule has 0 spiro atoms. The zero-order chi connectivity index (χ0) is 17.6.